The highest BCUT2D eigenvalue weighted by Crippen LogP contribution is 2.22. The SMILES string of the molecule is NC(=O)c1cc([N+](=O)[O-])ccc1NCC1CCCCN1. The molecule has 1 aliphatic heterocycles. The first-order chi connectivity index (χ1) is 9.58. The molecule has 1 fully saturated rings. The molecule has 0 bridgehead atoms. The average Bonchev–Trinajstić information content (AvgIpc) is 2.45. The van der Waals surface area contributed by atoms with E-state index in [0.29, 0.717) is 18.3 Å². The van der Waals surface area contributed by atoms with E-state index in [-0.39, 0.29) is 11.3 Å². The minimum Gasteiger partial charge on any atom is -0.383 e. The topological polar surface area (TPSA) is 110 Å². The molecule has 7 heteroatoms. The number of benzene rings is 1. The summed E-state index contributed by atoms with van der Waals surface area (Å²) in [6.07, 6.45) is 3.44. The molecule has 0 aliphatic carbocycles. The van der Waals surface area contributed by atoms with Crippen LogP contribution < -0.4 is 16.4 Å². The predicted octanol–water partition coefficient (Wildman–Crippen LogP) is 1.25. The fraction of sp³-hybridized carbons (Fsp3) is 0.462. The van der Waals surface area contributed by atoms with E-state index in [0.717, 1.165) is 13.0 Å². The highest BCUT2D eigenvalue weighted by molar-refractivity contribution is 5.99. The number of nitrogens with one attached hydrogen (secondary N) is 2. The Balaban J connectivity index is 2.09. The summed E-state index contributed by atoms with van der Waals surface area (Å²) in [5.74, 6) is -0.673. The monoisotopic (exact) mass is 278 g/mol. The van der Waals surface area contributed by atoms with Gasteiger partial charge < -0.3 is 16.4 Å². The van der Waals surface area contributed by atoms with Gasteiger partial charge in [-0.2, -0.15) is 0 Å². The number of hydrogen-bond donors (Lipinski definition) is 3. The van der Waals surface area contributed by atoms with E-state index in [1.54, 1.807) is 0 Å². The third-order valence-electron chi connectivity index (χ3n) is 3.43. The number of carbonyl (C=O) groups is 1. The van der Waals surface area contributed by atoms with Crippen LogP contribution in [0.1, 0.15) is 29.6 Å². The third-order valence-corrected chi connectivity index (χ3v) is 3.43. The van der Waals surface area contributed by atoms with E-state index in [4.69, 9.17) is 5.73 Å². The molecule has 1 saturated heterocycles. The fourth-order valence-electron chi connectivity index (χ4n) is 2.34. The van der Waals surface area contributed by atoms with Crippen LogP contribution >= 0.6 is 0 Å². The molecule has 20 heavy (non-hydrogen) atoms. The van der Waals surface area contributed by atoms with Gasteiger partial charge in [0.15, 0.2) is 0 Å². The van der Waals surface area contributed by atoms with Gasteiger partial charge in [-0.15, -0.1) is 0 Å². The van der Waals surface area contributed by atoms with Crippen molar-refractivity contribution in [3.63, 3.8) is 0 Å². The number of nitrogens with two attached hydrogens (primary N) is 1. The second kappa shape index (κ2) is 6.33. The lowest BCUT2D eigenvalue weighted by Gasteiger charge is -2.24. The molecular weight excluding hydrogens is 260 g/mol. The van der Waals surface area contributed by atoms with Crippen molar-refractivity contribution in [1.29, 1.82) is 0 Å². The number of anilines is 1. The lowest BCUT2D eigenvalue weighted by Crippen LogP contribution is -2.39. The molecule has 7 nitrogen and oxygen atoms in total. The van der Waals surface area contributed by atoms with Gasteiger partial charge in [0.05, 0.1) is 10.5 Å². The second-order valence-electron chi connectivity index (χ2n) is 4.88. The molecule has 108 valence electrons. The summed E-state index contributed by atoms with van der Waals surface area (Å²) in [6, 6.07) is 4.45. The highest BCUT2D eigenvalue weighted by atomic mass is 16.6. The van der Waals surface area contributed by atoms with Crippen molar-refractivity contribution in [1.82, 2.24) is 5.32 Å². The normalized spacial score (nSPS) is 18.5. The van der Waals surface area contributed by atoms with E-state index in [1.807, 2.05) is 0 Å². The quantitative estimate of drug-likeness (QED) is 0.554. The van der Waals surface area contributed by atoms with Crippen molar-refractivity contribution in [3.05, 3.63) is 33.9 Å². The molecule has 1 heterocycles. The molecule has 4 N–H and O–H groups in total. The zero-order valence-electron chi connectivity index (χ0n) is 11.1. The number of nitro groups is 1. The Morgan fingerprint density at radius 1 is 1.50 bits per heavy atom. The number of rotatable bonds is 5. The van der Waals surface area contributed by atoms with Crippen LogP contribution in [0, 0.1) is 10.1 Å². The van der Waals surface area contributed by atoms with E-state index in [2.05, 4.69) is 10.6 Å². The first-order valence-corrected chi connectivity index (χ1v) is 6.63. The van der Waals surface area contributed by atoms with Gasteiger partial charge in [0.1, 0.15) is 0 Å². The summed E-state index contributed by atoms with van der Waals surface area (Å²) in [6.45, 7) is 1.66. The summed E-state index contributed by atoms with van der Waals surface area (Å²) in [5.41, 5.74) is 5.82. The Kier molecular flexibility index (Phi) is 4.52. The van der Waals surface area contributed by atoms with Gasteiger partial charge in [-0.05, 0) is 25.5 Å². The molecule has 2 rings (SSSR count). The number of non-ortho nitro benzene ring substituents is 1. The van der Waals surface area contributed by atoms with Gasteiger partial charge in [0.2, 0.25) is 0 Å². The first-order valence-electron chi connectivity index (χ1n) is 6.63. The second-order valence-corrected chi connectivity index (χ2v) is 4.88. The lowest BCUT2D eigenvalue weighted by molar-refractivity contribution is -0.384. The first kappa shape index (κ1) is 14.3. The Morgan fingerprint density at radius 2 is 2.30 bits per heavy atom. The molecule has 1 aromatic rings. The predicted molar refractivity (Wildman–Crippen MR) is 75.7 cm³/mol. The molecule has 0 aromatic heterocycles. The highest BCUT2D eigenvalue weighted by Gasteiger charge is 2.16. The Hall–Kier alpha value is -2.15. The van der Waals surface area contributed by atoms with Crippen molar-refractivity contribution in [2.24, 2.45) is 5.73 Å². The summed E-state index contributed by atoms with van der Waals surface area (Å²) in [7, 11) is 0. The molecule has 1 aliphatic rings. The number of nitrogens with zero attached hydrogens (tertiary/aromatic N) is 1. The minimum atomic E-state index is -0.673. The lowest BCUT2D eigenvalue weighted by atomic mass is 10.0. The van der Waals surface area contributed by atoms with Crippen LogP contribution in [-0.4, -0.2) is 30.0 Å². The number of piperidine rings is 1. The van der Waals surface area contributed by atoms with Crippen LogP contribution in [0.5, 0.6) is 0 Å². The zero-order chi connectivity index (χ0) is 14.5. The molecule has 1 atom stereocenters. The number of amides is 1. The minimum absolute atomic E-state index is 0.139. The fourth-order valence-corrected chi connectivity index (χ4v) is 2.34. The number of primary amides is 1. The van der Waals surface area contributed by atoms with Crippen LogP contribution in [0.15, 0.2) is 18.2 Å². The number of nitro benzene ring substituents is 1. The van der Waals surface area contributed by atoms with Gasteiger partial charge in [-0.3, -0.25) is 14.9 Å². The maximum Gasteiger partial charge on any atom is 0.270 e. The van der Waals surface area contributed by atoms with Gasteiger partial charge in [-0.25, -0.2) is 0 Å². The molecule has 0 spiro atoms. The smallest absolute Gasteiger partial charge is 0.270 e. The van der Waals surface area contributed by atoms with E-state index >= 15 is 0 Å². The van der Waals surface area contributed by atoms with Crippen molar-refractivity contribution >= 4 is 17.3 Å². The maximum atomic E-state index is 11.4. The van der Waals surface area contributed by atoms with Gasteiger partial charge in [-0.1, -0.05) is 6.42 Å². The number of carbonyl (C=O) groups excluding carboxylic acids is 1. The molecule has 0 radical (unpaired) electrons. The van der Waals surface area contributed by atoms with Crippen molar-refractivity contribution in [3.8, 4) is 0 Å². The summed E-state index contributed by atoms with van der Waals surface area (Å²) < 4.78 is 0. The molecule has 1 aromatic carbocycles. The van der Waals surface area contributed by atoms with E-state index in [1.165, 1.54) is 31.0 Å². The van der Waals surface area contributed by atoms with E-state index < -0.39 is 10.8 Å². The van der Waals surface area contributed by atoms with Crippen LogP contribution in [0.3, 0.4) is 0 Å². The average molecular weight is 278 g/mol. The molecular formula is C13H18N4O3. The largest absolute Gasteiger partial charge is 0.383 e. The van der Waals surface area contributed by atoms with Crippen LogP contribution in [0.4, 0.5) is 11.4 Å². The maximum absolute atomic E-state index is 11.4. The zero-order valence-corrected chi connectivity index (χ0v) is 11.1. The van der Waals surface area contributed by atoms with Crippen LogP contribution in [-0.2, 0) is 0 Å². The van der Waals surface area contributed by atoms with Crippen molar-refractivity contribution in [2.45, 2.75) is 25.3 Å². The molecule has 0 saturated carbocycles. The van der Waals surface area contributed by atoms with Gasteiger partial charge in [0, 0.05) is 30.4 Å². The van der Waals surface area contributed by atoms with Crippen molar-refractivity contribution < 1.29 is 9.72 Å². The van der Waals surface area contributed by atoms with Crippen molar-refractivity contribution in [2.75, 3.05) is 18.4 Å². The van der Waals surface area contributed by atoms with Crippen LogP contribution in [0.25, 0.3) is 0 Å². The van der Waals surface area contributed by atoms with Crippen LogP contribution in [0.2, 0.25) is 0 Å². The van der Waals surface area contributed by atoms with Gasteiger partial charge in [0.25, 0.3) is 11.6 Å². The van der Waals surface area contributed by atoms with E-state index in [9.17, 15) is 14.9 Å². The summed E-state index contributed by atoms with van der Waals surface area (Å²) in [5, 5.41) is 17.2. The number of hydrogen-bond acceptors (Lipinski definition) is 5. The Labute approximate surface area is 116 Å². The summed E-state index contributed by atoms with van der Waals surface area (Å²) in [4.78, 5) is 21.6. The summed E-state index contributed by atoms with van der Waals surface area (Å²) >= 11 is 0. The Bertz CT molecular complexity index is 512. The molecule has 1 unspecified atom stereocenters. The third kappa shape index (κ3) is 3.45. The standard InChI is InChI=1S/C13H18N4O3/c14-13(18)11-7-10(17(19)20)4-5-12(11)16-8-9-3-1-2-6-15-9/h4-5,7,9,15-16H,1-3,6,8H2,(H2,14,18). The Morgan fingerprint density at radius 3 is 2.90 bits per heavy atom. The van der Waals surface area contributed by atoms with Gasteiger partial charge >= 0.3 is 0 Å². The molecule has 1 amide bonds.